The number of ether oxygens (including phenoxy) is 3. The van der Waals surface area contributed by atoms with Crippen molar-refractivity contribution in [1.29, 1.82) is 0 Å². The lowest BCUT2D eigenvalue weighted by molar-refractivity contribution is -0.167. The van der Waals surface area contributed by atoms with Gasteiger partial charge in [-0.05, 0) is 154 Å². The van der Waals surface area contributed by atoms with E-state index in [0.717, 1.165) is 154 Å². The minimum atomic E-state index is -0.819. The summed E-state index contributed by atoms with van der Waals surface area (Å²) < 4.78 is 16.9. The second-order valence-electron chi connectivity index (χ2n) is 20.9. The number of hydrogen-bond acceptors (Lipinski definition) is 6. The van der Waals surface area contributed by atoms with Crippen LogP contribution in [0.25, 0.3) is 0 Å². The summed E-state index contributed by atoms with van der Waals surface area (Å²) in [5.41, 5.74) is 0. The van der Waals surface area contributed by atoms with Crippen LogP contribution in [0.15, 0.2) is 170 Å². The van der Waals surface area contributed by atoms with Crippen LogP contribution in [-0.4, -0.2) is 37.2 Å². The van der Waals surface area contributed by atoms with Crippen LogP contribution in [0.3, 0.4) is 0 Å². The smallest absolute Gasteiger partial charge is 0.306 e. The predicted octanol–water partition coefficient (Wildman–Crippen LogP) is 22.7. The van der Waals surface area contributed by atoms with Crippen molar-refractivity contribution in [3.05, 3.63) is 170 Å². The van der Waals surface area contributed by atoms with Crippen molar-refractivity contribution in [3.63, 3.8) is 0 Å². The SMILES string of the molecule is CC/C=C\C/C=C\C/C=C\C/C=C\C/C=C\C/C=C\C/C=C\CCCCCCCCCC(=O)OCC(COC(=O)CCCCCCC/C=C\CCCCCC)OC(=O)CCCC/C=C\C/C=C\C/C=C\C/C=C\C/C=C\C/C=C\CC. The molecule has 1 atom stereocenters. The van der Waals surface area contributed by atoms with E-state index in [1.807, 2.05) is 0 Å². The predicted molar refractivity (Wildman–Crippen MR) is 352 cm³/mol. The second-order valence-corrected chi connectivity index (χ2v) is 20.9. The van der Waals surface area contributed by atoms with Crippen molar-refractivity contribution in [2.24, 2.45) is 0 Å². The molecule has 0 rings (SSSR count). The van der Waals surface area contributed by atoms with Crippen LogP contribution < -0.4 is 0 Å². The molecule has 0 aliphatic rings. The number of carbonyl (C=O) groups excluding carboxylic acids is 3. The Balaban J connectivity index is 4.45. The molecule has 1 unspecified atom stereocenters. The number of unbranched alkanes of at least 4 members (excludes halogenated alkanes) is 18. The van der Waals surface area contributed by atoms with Gasteiger partial charge in [0.2, 0.25) is 0 Å². The van der Waals surface area contributed by atoms with Crippen LogP contribution in [-0.2, 0) is 28.6 Å². The topological polar surface area (TPSA) is 78.9 Å². The lowest BCUT2D eigenvalue weighted by atomic mass is 10.1. The Morgan fingerprint density at radius 1 is 0.259 bits per heavy atom. The molecular weight excluding hydrogens is 997 g/mol. The Morgan fingerprint density at radius 3 is 0.790 bits per heavy atom. The average Bonchev–Trinajstić information content (AvgIpc) is 3.46. The normalized spacial score (nSPS) is 13.3. The molecule has 0 fully saturated rings. The van der Waals surface area contributed by atoms with Crippen LogP contribution in [0.1, 0.15) is 265 Å². The van der Waals surface area contributed by atoms with Gasteiger partial charge in [0.1, 0.15) is 13.2 Å². The van der Waals surface area contributed by atoms with E-state index in [1.165, 1.54) is 64.2 Å². The van der Waals surface area contributed by atoms with Crippen molar-refractivity contribution in [1.82, 2.24) is 0 Å². The minimum Gasteiger partial charge on any atom is -0.462 e. The fraction of sp³-hybridized carbons (Fsp3) is 0.587. The maximum Gasteiger partial charge on any atom is 0.306 e. The first-order valence-electron chi connectivity index (χ1n) is 32.6. The summed E-state index contributed by atoms with van der Waals surface area (Å²) in [4.78, 5) is 38.3. The van der Waals surface area contributed by atoms with Gasteiger partial charge in [-0.15, -0.1) is 0 Å². The summed E-state index contributed by atoms with van der Waals surface area (Å²) in [5.74, 6) is -0.979. The molecule has 0 heterocycles. The molecule has 0 saturated heterocycles. The number of hydrogen-bond donors (Lipinski definition) is 0. The molecule has 0 aromatic rings. The van der Waals surface area contributed by atoms with E-state index in [0.29, 0.717) is 19.3 Å². The van der Waals surface area contributed by atoms with E-state index in [9.17, 15) is 14.4 Å². The van der Waals surface area contributed by atoms with Gasteiger partial charge in [0.05, 0.1) is 0 Å². The molecule has 0 aliphatic carbocycles. The first-order valence-corrected chi connectivity index (χ1v) is 32.6. The van der Waals surface area contributed by atoms with E-state index in [1.54, 1.807) is 0 Å². The van der Waals surface area contributed by atoms with Crippen LogP contribution >= 0.6 is 0 Å². The molecule has 81 heavy (non-hydrogen) atoms. The van der Waals surface area contributed by atoms with E-state index in [4.69, 9.17) is 14.2 Å². The van der Waals surface area contributed by atoms with Crippen molar-refractivity contribution in [2.45, 2.75) is 271 Å². The Hall–Kier alpha value is -5.23. The molecule has 0 aromatic carbocycles. The summed E-state index contributed by atoms with van der Waals surface area (Å²) in [7, 11) is 0. The fourth-order valence-electron chi connectivity index (χ4n) is 8.36. The van der Waals surface area contributed by atoms with Gasteiger partial charge in [-0.25, -0.2) is 0 Å². The van der Waals surface area contributed by atoms with E-state index in [-0.39, 0.29) is 37.5 Å². The molecule has 6 nitrogen and oxygen atoms in total. The van der Waals surface area contributed by atoms with Crippen LogP contribution in [0.5, 0.6) is 0 Å². The maximum absolute atomic E-state index is 12.9. The molecule has 6 heteroatoms. The molecular formula is C75H118O6. The summed E-state index contributed by atoms with van der Waals surface area (Å²) in [5, 5.41) is 0. The quantitative estimate of drug-likeness (QED) is 0.0261. The van der Waals surface area contributed by atoms with Crippen molar-refractivity contribution in [3.8, 4) is 0 Å². The molecule has 0 spiro atoms. The first kappa shape index (κ1) is 75.8. The van der Waals surface area contributed by atoms with E-state index < -0.39 is 6.10 Å². The third-order valence-corrected chi connectivity index (χ3v) is 13.2. The van der Waals surface area contributed by atoms with Gasteiger partial charge in [-0.1, -0.05) is 262 Å². The first-order chi connectivity index (χ1) is 40.0. The van der Waals surface area contributed by atoms with Crippen LogP contribution in [0, 0.1) is 0 Å². The van der Waals surface area contributed by atoms with Gasteiger partial charge in [0.15, 0.2) is 6.10 Å². The van der Waals surface area contributed by atoms with Crippen molar-refractivity contribution in [2.75, 3.05) is 13.2 Å². The zero-order valence-electron chi connectivity index (χ0n) is 52.0. The molecule has 454 valence electrons. The summed E-state index contributed by atoms with van der Waals surface area (Å²) in [6.45, 7) is 6.34. The van der Waals surface area contributed by atoms with Gasteiger partial charge >= 0.3 is 17.9 Å². The monoisotopic (exact) mass is 1110 g/mol. The maximum atomic E-state index is 12.9. The molecule has 0 aliphatic heterocycles. The third-order valence-electron chi connectivity index (χ3n) is 13.2. The van der Waals surface area contributed by atoms with Gasteiger partial charge in [0.25, 0.3) is 0 Å². The van der Waals surface area contributed by atoms with Crippen LogP contribution in [0.4, 0.5) is 0 Å². The number of rotatable bonds is 57. The molecule has 0 N–H and O–H groups in total. The molecule has 0 radical (unpaired) electrons. The van der Waals surface area contributed by atoms with Crippen LogP contribution in [0.2, 0.25) is 0 Å². The molecule has 0 saturated carbocycles. The number of allylic oxidation sites excluding steroid dienone is 28. The van der Waals surface area contributed by atoms with Crippen molar-refractivity contribution < 1.29 is 28.6 Å². The summed E-state index contributed by atoms with van der Waals surface area (Å²) in [6.07, 6.45) is 99.3. The highest BCUT2D eigenvalue weighted by atomic mass is 16.6. The standard InChI is InChI=1S/C75H118O6/c1-4-7-10-13-16-19-22-25-27-29-31-33-34-35-36-37-38-39-40-42-43-45-47-50-53-56-59-62-65-68-74(77)80-71-72(70-79-73(76)67-64-61-58-55-52-49-24-21-18-15-12-9-6-3)81-75(78)69-66-63-60-57-54-51-48-46-44-41-32-30-28-26-23-20-17-14-11-8-5-2/h7-8,10-11,16-17,19-21,24-28,31-33,35-36,38-39,41-43,46,48,54,57,72H,4-6,9,12-15,18,22-23,29-30,34,37,40,44-45,47,49-53,55-56,58-71H2,1-3H3/b10-7-,11-8-,19-16-,20-17-,24-21-,27-25-,28-26-,33-31-,36-35-,39-38-,41-32-,43-42-,48-46-,57-54-. The average molecular weight is 1120 g/mol. The zero-order chi connectivity index (χ0) is 58.5. The number of esters is 3. The second kappa shape index (κ2) is 67.3. The Kier molecular flexibility index (Phi) is 62.9. The Bertz CT molecular complexity index is 1860. The fourth-order valence-corrected chi connectivity index (χ4v) is 8.36. The highest BCUT2D eigenvalue weighted by Gasteiger charge is 2.19. The Morgan fingerprint density at radius 2 is 0.481 bits per heavy atom. The Labute approximate surface area is 498 Å². The van der Waals surface area contributed by atoms with Crippen molar-refractivity contribution >= 4 is 17.9 Å². The van der Waals surface area contributed by atoms with E-state index in [2.05, 4.69) is 191 Å². The van der Waals surface area contributed by atoms with Gasteiger partial charge < -0.3 is 14.2 Å². The lowest BCUT2D eigenvalue weighted by Gasteiger charge is -2.18. The van der Waals surface area contributed by atoms with E-state index >= 15 is 0 Å². The molecule has 0 bridgehead atoms. The summed E-state index contributed by atoms with van der Waals surface area (Å²) in [6, 6.07) is 0. The van der Waals surface area contributed by atoms with Gasteiger partial charge in [-0.2, -0.15) is 0 Å². The minimum absolute atomic E-state index is 0.111. The lowest BCUT2D eigenvalue weighted by Crippen LogP contribution is -2.30. The van der Waals surface area contributed by atoms with Gasteiger partial charge in [-0.3, -0.25) is 14.4 Å². The highest BCUT2D eigenvalue weighted by molar-refractivity contribution is 5.71. The summed E-state index contributed by atoms with van der Waals surface area (Å²) >= 11 is 0. The third kappa shape index (κ3) is 65.5. The highest BCUT2D eigenvalue weighted by Crippen LogP contribution is 2.14. The molecule has 0 amide bonds. The molecule has 0 aromatic heterocycles. The van der Waals surface area contributed by atoms with Gasteiger partial charge in [0, 0.05) is 19.3 Å². The number of carbonyl (C=O) groups is 3. The zero-order valence-corrected chi connectivity index (χ0v) is 52.0. The largest absolute Gasteiger partial charge is 0.462 e.